The van der Waals surface area contributed by atoms with Gasteiger partial charge in [0.1, 0.15) is 12.1 Å². The molecule has 0 radical (unpaired) electrons. The van der Waals surface area contributed by atoms with Gasteiger partial charge < -0.3 is 14.3 Å². The topological polar surface area (TPSA) is 35.5 Å². The third-order valence-electron chi connectivity index (χ3n) is 8.37. The van der Waals surface area contributed by atoms with E-state index < -0.39 is 0 Å². The lowest BCUT2D eigenvalue weighted by atomic mass is 9.72. The molecule has 1 heterocycles. The van der Waals surface area contributed by atoms with Gasteiger partial charge in [-0.3, -0.25) is 0 Å². The van der Waals surface area contributed by atoms with E-state index in [1.54, 1.807) is 11.3 Å². The van der Waals surface area contributed by atoms with Crippen LogP contribution in [0.2, 0.25) is 0 Å². The molecule has 0 N–H and O–H groups in total. The van der Waals surface area contributed by atoms with Gasteiger partial charge in [0.25, 0.3) is 0 Å². The van der Waals surface area contributed by atoms with Gasteiger partial charge in [-0.05, 0) is 78.5 Å². The Bertz CT molecular complexity index is 1420. The van der Waals surface area contributed by atoms with Crippen molar-refractivity contribution >= 4 is 17.6 Å². The molecule has 3 nitrogen and oxygen atoms in total. The monoisotopic (exact) mass is 582 g/mol. The quantitative estimate of drug-likeness (QED) is 0.117. The Kier molecular flexibility index (Phi) is 10.5. The maximum Gasteiger partial charge on any atom is 0.126 e. The van der Waals surface area contributed by atoms with E-state index in [9.17, 15) is 9.18 Å². The summed E-state index contributed by atoms with van der Waals surface area (Å²) in [7, 11) is 0. The van der Waals surface area contributed by atoms with Crippen molar-refractivity contribution < 1.29 is 18.7 Å². The Morgan fingerprint density at radius 2 is 1.50 bits per heavy atom. The lowest BCUT2D eigenvalue weighted by molar-refractivity contribution is -0.134. The van der Waals surface area contributed by atoms with E-state index in [1.807, 2.05) is 79.7 Å². The minimum absolute atomic E-state index is 0.0591. The van der Waals surface area contributed by atoms with E-state index >= 15 is 0 Å². The molecule has 6 atom stereocenters. The zero-order valence-electron chi connectivity index (χ0n) is 24.3. The number of carbonyl (C=O) groups is 1. The number of hydrogen-bond acceptors (Lipinski definition) is 4. The van der Waals surface area contributed by atoms with Crippen molar-refractivity contribution in [3.63, 3.8) is 0 Å². The van der Waals surface area contributed by atoms with Gasteiger partial charge >= 0.3 is 0 Å². The van der Waals surface area contributed by atoms with Crippen molar-refractivity contribution in [3.8, 4) is 10.4 Å². The van der Waals surface area contributed by atoms with Gasteiger partial charge in [-0.1, -0.05) is 91.9 Å². The second-order valence-electron chi connectivity index (χ2n) is 11.4. The van der Waals surface area contributed by atoms with Crippen LogP contribution in [0.3, 0.4) is 0 Å². The van der Waals surface area contributed by atoms with Gasteiger partial charge in [0, 0.05) is 15.7 Å². The van der Waals surface area contributed by atoms with Crippen LogP contribution in [-0.2, 0) is 33.9 Å². The number of aldehydes is 1. The summed E-state index contributed by atoms with van der Waals surface area (Å²) in [5, 5.41) is 0. The minimum atomic E-state index is -0.387. The summed E-state index contributed by atoms with van der Waals surface area (Å²) in [6.45, 7) is 5.17. The zero-order valence-corrected chi connectivity index (χ0v) is 25.1. The van der Waals surface area contributed by atoms with Crippen molar-refractivity contribution in [3.05, 3.63) is 131 Å². The average molecular weight is 583 g/mol. The fourth-order valence-electron chi connectivity index (χ4n) is 5.83. The molecule has 218 valence electrons. The second kappa shape index (κ2) is 14.7. The normalized spacial score (nSPS) is 20.6. The number of ether oxygens (including phenoxy) is 2. The van der Waals surface area contributed by atoms with E-state index in [4.69, 9.17) is 9.47 Å². The number of hydrogen-bond donors (Lipinski definition) is 0. The van der Waals surface area contributed by atoms with Crippen molar-refractivity contribution in [2.75, 3.05) is 0 Å². The number of rotatable bonds is 13. The zero-order chi connectivity index (χ0) is 29.3. The first-order valence-corrected chi connectivity index (χ1v) is 15.6. The highest BCUT2D eigenvalue weighted by Gasteiger charge is 2.37. The standard InChI is InChI=1S/C37H39FO3S/c1-26-13-14-31(21-32(26)22-34-19-20-36(42-34)30-15-17-33(38)18-16-30)35(23-39)37(41-25-29-11-7-4-8-12-29)27(2)40-24-28-9-5-3-6-10-28/h3-20,23,26-27,31-32,35,37H,21-22,24-25H2,1-2H3/t26?,27?,31?,32?,35?,37-/m0/s1. The highest BCUT2D eigenvalue weighted by Crippen LogP contribution is 2.39. The molecular formula is C37H39FO3S. The van der Waals surface area contributed by atoms with Crippen LogP contribution in [-0.4, -0.2) is 18.5 Å². The maximum absolute atomic E-state index is 13.4. The first-order valence-electron chi connectivity index (χ1n) is 14.8. The van der Waals surface area contributed by atoms with Gasteiger partial charge in [-0.25, -0.2) is 4.39 Å². The predicted octanol–water partition coefficient (Wildman–Crippen LogP) is 8.93. The molecule has 0 bridgehead atoms. The Morgan fingerprint density at radius 3 is 2.14 bits per heavy atom. The Hall–Kier alpha value is -3.38. The molecule has 0 saturated heterocycles. The number of carbonyl (C=O) groups excluding carboxylic acids is 1. The van der Waals surface area contributed by atoms with E-state index in [2.05, 4.69) is 31.2 Å². The van der Waals surface area contributed by atoms with Crippen LogP contribution in [0, 0.1) is 29.5 Å². The lowest BCUT2D eigenvalue weighted by Gasteiger charge is -2.37. The van der Waals surface area contributed by atoms with E-state index in [-0.39, 0.29) is 29.9 Å². The van der Waals surface area contributed by atoms with Crippen molar-refractivity contribution in [2.45, 2.75) is 52.1 Å². The van der Waals surface area contributed by atoms with E-state index in [0.29, 0.717) is 25.0 Å². The van der Waals surface area contributed by atoms with Crippen LogP contribution in [0.4, 0.5) is 4.39 Å². The molecule has 1 aliphatic carbocycles. The lowest BCUT2D eigenvalue weighted by Crippen LogP contribution is -2.41. The number of halogens is 1. The van der Waals surface area contributed by atoms with Crippen LogP contribution in [0.1, 0.15) is 36.3 Å². The SMILES string of the molecule is CC1C=CC(C(C=O)[C@@H](OCc2ccccc2)C(C)OCc2ccccc2)CC1Cc1ccc(-c2ccc(F)cc2)s1. The Balaban J connectivity index is 1.30. The number of thiophene rings is 1. The molecule has 5 rings (SSSR count). The van der Waals surface area contributed by atoms with Crippen LogP contribution in [0.25, 0.3) is 10.4 Å². The minimum Gasteiger partial charge on any atom is -0.371 e. The number of allylic oxidation sites excluding steroid dienone is 2. The van der Waals surface area contributed by atoms with Gasteiger partial charge in [0.15, 0.2) is 0 Å². The van der Waals surface area contributed by atoms with E-state index in [1.165, 1.54) is 17.0 Å². The third-order valence-corrected chi connectivity index (χ3v) is 9.53. The van der Waals surface area contributed by atoms with Crippen LogP contribution in [0.5, 0.6) is 0 Å². The highest BCUT2D eigenvalue weighted by molar-refractivity contribution is 7.15. The van der Waals surface area contributed by atoms with Crippen molar-refractivity contribution in [2.24, 2.45) is 23.7 Å². The summed E-state index contributed by atoms with van der Waals surface area (Å²) < 4.78 is 26.2. The van der Waals surface area contributed by atoms with Gasteiger partial charge in [0.05, 0.1) is 25.4 Å². The van der Waals surface area contributed by atoms with Crippen molar-refractivity contribution in [1.29, 1.82) is 0 Å². The molecule has 4 aromatic rings. The first-order chi connectivity index (χ1) is 20.5. The summed E-state index contributed by atoms with van der Waals surface area (Å²) in [6, 6.07) is 31.2. The molecule has 1 aromatic heterocycles. The molecule has 0 aliphatic heterocycles. The Morgan fingerprint density at radius 1 is 0.857 bits per heavy atom. The molecule has 0 amide bonds. The number of benzene rings is 3. The molecule has 5 unspecified atom stereocenters. The van der Waals surface area contributed by atoms with Gasteiger partial charge in [-0.2, -0.15) is 0 Å². The third kappa shape index (κ3) is 7.91. The molecule has 42 heavy (non-hydrogen) atoms. The van der Waals surface area contributed by atoms with E-state index in [0.717, 1.165) is 40.7 Å². The first kappa shape index (κ1) is 30.1. The summed E-state index contributed by atoms with van der Waals surface area (Å²) in [5.41, 5.74) is 3.20. The van der Waals surface area contributed by atoms with Crippen LogP contribution in [0.15, 0.2) is 109 Å². The molecule has 3 aromatic carbocycles. The second-order valence-corrected chi connectivity index (χ2v) is 12.5. The largest absolute Gasteiger partial charge is 0.371 e. The van der Waals surface area contributed by atoms with Gasteiger partial charge in [-0.15, -0.1) is 11.3 Å². The Labute approximate surface area is 253 Å². The fourth-order valence-corrected chi connectivity index (χ4v) is 6.94. The maximum atomic E-state index is 13.4. The molecular weight excluding hydrogens is 543 g/mol. The average Bonchev–Trinajstić information content (AvgIpc) is 3.49. The fraction of sp³-hybridized carbons (Fsp3) is 0.324. The molecule has 0 spiro atoms. The summed E-state index contributed by atoms with van der Waals surface area (Å²) in [5.74, 6) is 0.311. The molecule has 5 heteroatoms. The molecule has 0 saturated carbocycles. The van der Waals surface area contributed by atoms with Crippen LogP contribution < -0.4 is 0 Å². The summed E-state index contributed by atoms with van der Waals surface area (Å²) in [4.78, 5) is 15.2. The van der Waals surface area contributed by atoms with Gasteiger partial charge in [0.2, 0.25) is 0 Å². The van der Waals surface area contributed by atoms with Crippen LogP contribution >= 0.6 is 11.3 Å². The summed E-state index contributed by atoms with van der Waals surface area (Å²) in [6.07, 6.45) is 6.76. The smallest absolute Gasteiger partial charge is 0.126 e. The highest BCUT2D eigenvalue weighted by atomic mass is 32.1. The summed E-state index contributed by atoms with van der Waals surface area (Å²) >= 11 is 1.76. The predicted molar refractivity (Wildman–Crippen MR) is 169 cm³/mol. The molecule has 0 fully saturated rings. The molecule has 1 aliphatic rings. The van der Waals surface area contributed by atoms with Crippen molar-refractivity contribution in [1.82, 2.24) is 0 Å².